The number of rotatable bonds is 8. The normalized spacial score (nSPS) is 11.9. The summed E-state index contributed by atoms with van der Waals surface area (Å²) in [4.78, 5) is 22.4. The standard InChI is InChI=1S/2C26H25N2O.C25H23N2O.C24H21N2O.C23H19N2O/c1-16-18-9-6-7-10-19(18)23-20-11-8-13-27-25(20)29-24(23)22(16)21-15-17(26(2,3)4)12-14-28(21)5;1-15(2)21-13-22(28(5)14-16(21)3)23-17(4)18-9-6-7-10-19(18)24-20-11-8-12-27-26(20)29-25(23)24;1-15(2)17-11-12-21(27(4)14-17)22-16(3)18-8-5-6-9-19(18)23-20-10-7-13-26-25(20)28-24(22)23;1-4-16-11-12-20(26(3)14-16)21-15(2)17-8-5-6-9-18(17)22-19-10-7-13-25-24(19)27-23(21)22;1-14-10-11-19(25(3)13-14)20-15(2)16-7-4-5-8-17(16)21-18-9-6-12-24-23(18)26-22(20)21/h2*6-15H,1-5H3;5-15H,1-4H3;5-14H,4H2,1-3H3;4-13H,1-3H3/q5*+1. The van der Waals surface area contributed by atoms with Gasteiger partial charge in [-0.3, -0.25) is 0 Å². The first-order valence-electron chi connectivity index (χ1n) is 48.1. The van der Waals surface area contributed by atoms with E-state index in [1.165, 1.54) is 121 Å². The van der Waals surface area contributed by atoms with Crippen molar-refractivity contribution in [1.82, 2.24) is 24.9 Å². The molecule has 25 aromatic rings. The van der Waals surface area contributed by atoms with Gasteiger partial charge in [-0.2, -0.15) is 0 Å². The molecular weight excluding hydrogens is 1710 g/mol. The summed E-state index contributed by atoms with van der Waals surface area (Å²) in [6.45, 7) is 33.1. The highest BCUT2D eigenvalue weighted by molar-refractivity contribution is 6.28. The van der Waals surface area contributed by atoms with Gasteiger partial charge < -0.3 is 22.1 Å². The van der Waals surface area contributed by atoms with Crippen LogP contribution in [-0.4, -0.2) is 24.9 Å². The van der Waals surface area contributed by atoms with E-state index in [1.54, 1.807) is 31.0 Å². The summed E-state index contributed by atoms with van der Waals surface area (Å²) in [5.74, 6) is 0.955. The second-order valence-corrected chi connectivity index (χ2v) is 39.0. The smallest absolute Gasteiger partial charge is 0.227 e. The van der Waals surface area contributed by atoms with E-state index in [1.807, 2.05) is 30.3 Å². The Bertz CT molecular complexity index is 9300. The third-order valence-corrected chi connectivity index (χ3v) is 28.5. The lowest BCUT2D eigenvalue weighted by molar-refractivity contribution is -0.660. The Morgan fingerprint density at radius 2 is 0.568 bits per heavy atom. The topological polar surface area (TPSA) is 150 Å². The number of pyridine rings is 10. The van der Waals surface area contributed by atoms with Crippen LogP contribution in [0.3, 0.4) is 0 Å². The van der Waals surface area contributed by atoms with Gasteiger partial charge in [0, 0.05) is 143 Å². The van der Waals surface area contributed by atoms with Gasteiger partial charge in [0.05, 0.1) is 27.8 Å². The number of aryl methyl sites for hydroxylation is 13. The molecule has 0 aliphatic heterocycles. The Morgan fingerprint density at radius 3 is 0.871 bits per heavy atom. The Kier molecular flexibility index (Phi) is 22.9. The first-order valence-corrected chi connectivity index (χ1v) is 48.1. The Hall–Kier alpha value is -16.0. The van der Waals surface area contributed by atoms with Crippen LogP contribution in [0.15, 0.2) is 321 Å². The molecule has 0 atom stereocenters. The Morgan fingerprint density at radius 1 is 0.281 bits per heavy atom. The van der Waals surface area contributed by atoms with Crippen molar-refractivity contribution in [2.24, 2.45) is 35.2 Å². The highest BCUT2D eigenvalue weighted by Crippen LogP contribution is 2.50. The van der Waals surface area contributed by atoms with Crippen LogP contribution in [0.4, 0.5) is 0 Å². The third kappa shape index (κ3) is 15.4. The molecule has 15 aromatic heterocycles. The fourth-order valence-electron chi connectivity index (χ4n) is 21.4. The lowest BCUT2D eigenvalue weighted by atomic mass is 9.86. The number of hydrogen-bond acceptors (Lipinski definition) is 10. The molecule has 0 aliphatic rings. The molecule has 0 amide bonds. The lowest BCUT2D eigenvalue weighted by Crippen LogP contribution is -2.32. The van der Waals surface area contributed by atoms with Crippen LogP contribution in [0.2, 0.25) is 0 Å². The predicted octanol–water partition coefficient (Wildman–Crippen LogP) is 29.4. The largest absolute Gasteiger partial charge is 0.437 e. The summed E-state index contributed by atoms with van der Waals surface area (Å²) in [6, 6.07) is 83.3. The van der Waals surface area contributed by atoms with Gasteiger partial charge in [0.25, 0.3) is 0 Å². The van der Waals surface area contributed by atoms with Crippen molar-refractivity contribution in [2.75, 3.05) is 0 Å². The zero-order valence-corrected chi connectivity index (χ0v) is 82.7. The molecule has 15 heterocycles. The summed E-state index contributed by atoms with van der Waals surface area (Å²) < 4.78 is 42.7. The maximum Gasteiger partial charge on any atom is 0.227 e. The van der Waals surface area contributed by atoms with Crippen molar-refractivity contribution in [3.05, 3.63) is 360 Å². The van der Waals surface area contributed by atoms with Gasteiger partial charge in [-0.25, -0.2) is 47.8 Å². The van der Waals surface area contributed by atoms with Crippen LogP contribution in [-0.2, 0) is 47.1 Å². The van der Waals surface area contributed by atoms with Gasteiger partial charge in [0.15, 0.2) is 58.9 Å². The summed E-state index contributed by atoms with van der Waals surface area (Å²) >= 11 is 0. The lowest BCUT2D eigenvalue weighted by Gasteiger charge is -2.19. The van der Waals surface area contributed by atoms with Crippen molar-refractivity contribution in [2.45, 2.75) is 128 Å². The van der Waals surface area contributed by atoms with Crippen molar-refractivity contribution >= 4 is 164 Å². The zero-order valence-electron chi connectivity index (χ0n) is 82.7. The van der Waals surface area contributed by atoms with E-state index in [-0.39, 0.29) is 5.41 Å². The van der Waals surface area contributed by atoms with Gasteiger partial charge >= 0.3 is 0 Å². The molecule has 15 nitrogen and oxygen atoms in total. The summed E-state index contributed by atoms with van der Waals surface area (Å²) in [7, 11) is 10.5. The average molecular weight is 1820 g/mol. The van der Waals surface area contributed by atoms with Gasteiger partial charge in [-0.05, 0) is 244 Å². The van der Waals surface area contributed by atoms with E-state index in [0.717, 1.165) is 139 Å². The fraction of sp³-hybridized carbons (Fsp3) is 0.194. The van der Waals surface area contributed by atoms with Crippen molar-refractivity contribution in [1.29, 1.82) is 0 Å². The van der Waals surface area contributed by atoms with Crippen molar-refractivity contribution in [3.63, 3.8) is 0 Å². The first-order chi connectivity index (χ1) is 67.2. The Balaban J connectivity index is 0.000000103. The monoisotopic (exact) mass is 1820 g/mol. The molecule has 0 radical (unpaired) electrons. The highest BCUT2D eigenvalue weighted by atomic mass is 16.4. The minimum atomic E-state index is 0.0717. The molecule has 0 unspecified atom stereocenters. The fourth-order valence-corrected chi connectivity index (χ4v) is 21.4. The summed E-state index contributed by atoms with van der Waals surface area (Å²) in [5.41, 5.74) is 33.6. The second kappa shape index (κ2) is 35.6. The zero-order chi connectivity index (χ0) is 96.4. The van der Waals surface area contributed by atoms with E-state index in [0.29, 0.717) is 40.4 Å². The Labute approximate surface area is 807 Å². The molecule has 139 heavy (non-hydrogen) atoms. The predicted molar refractivity (Wildman–Crippen MR) is 568 cm³/mol. The van der Waals surface area contributed by atoms with Crippen LogP contribution in [0.1, 0.15) is 128 Å². The molecule has 25 rings (SSSR count). The van der Waals surface area contributed by atoms with Gasteiger partial charge in [0.2, 0.25) is 57.0 Å². The molecular formula is C124H113N10O5+5. The molecule has 684 valence electrons. The average Bonchev–Trinajstić information content (AvgIpc) is 1.62. The van der Waals surface area contributed by atoms with Crippen molar-refractivity contribution < 1.29 is 44.9 Å². The van der Waals surface area contributed by atoms with Crippen LogP contribution < -0.4 is 22.8 Å². The molecule has 0 saturated carbocycles. The number of nitrogens with zero attached hydrogens (tertiary/aromatic N) is 10. The number of fused-ring (bicyclic) bond motifs is 25. The first kappa shape index (κ1) is 89.5. The van der Waals surface area contributed by atoms with Crippen molar-refractivity contribution in [3.8, 4) is 56.3 Å². The van der Waals surface area contributed by atoms with E-state index in [9.17, 15) is 0 Å². The van der Waals surface area contributed by atoms with E-state index >= 15 is 0 Å². The number of hydrogen-bond donors (Lipinski definition) is 0. The number of aromatic nitrogens is 10. The number of benzene rings is 10. The number of furan rings is 5. The second-order valence-electron chi connectivity index (χ2n) is 39.0. The molecule has 10 aromatic carbocycles. The van der Waals surface area contributed by atoms with Crippen LogP contribution >= 0.6 is 0 Å². The maximum atomic E-state index is 6.39. The van der Waals surface area contributed by atoms with E-state index in [4.69, 9.17) is 22.1 Å². The van der Waals surface area contributed by atoms with Crippen LogP contribution in [0.5, 0.6) is 0 Å². The van der Waals surface area contributed by atoms with Gasteiger partial charge in [0.1, 0.15) is 35.2 Å². The molecule has 0 saturated heterocycles. The van der Waals surface area contributed by atoms with Gasteiger partial charge in [-0.15, -0.1) is 0 Å². The molecule has 0 bridgehead atoms. The molecule has 15 heteroatoms. The minimum Gasteiger partial charge on any atom is -0.437 e. The quantitative estimate of drug-likeness (QED) is 0.135. The summed E-state index contributed by atoms with van der Waals surface area (Å²) in [6.07, 6.45) is 20.9. The third-order valence-electron chi connectivity index (χ3n) is 28.5. The van der Waals surface area contributed by atoms with Crippen LogP contribution in [0, 0.1) is 48.5 Å². The van der Waals surface area contributed by atoms with Gasteiger partial charge in [-0.1, -0.05) is 177 Å². The highest BCUT2D eigenvalue weighted by Gasteiger charge is 2.33. The molecule has 0 fully saturated rings. The molecule has 0 spiro atoms. The molecule has 0 N–H and O–H groups in total. The minimum absolute atomic E-state index is 0.0717. The molecule has 0 aliphatic carbocycles. The van der Waals surface area contributed by atoms with Crippen LogP contribution in [0.25, 0.3) is 220 Å². The maximum absolute atomic E-state index is 6.39. The van der Waals surface area contributed by atoms with E-state index < -0.39 is 0 Å². The van der Waals surface area contributed by atoms with E-state index in [2.05, 4.69) is 424 Å². The SMILES string of the molecule is CCc1ccc(-c2c(C)c3ccccc3c3c2oc2ncccc23)[n+](C)c1.Cc1c(-c2cc(C(C)(C)C)cc[n+]2C)c2oc3ncccc3c2c2ccccc12.Cc1c(-c2ccc(C(C)C)c[n+]2C)c2oc3ncccc3c2c2ccccc12.Cc1c[n+](C)c(-c2c(C)c3ccccc3c3c2oc2ncccc23)cc1C(C)C.Cc1ccc(-c2c(C)c3ccccc3c3c2oc2ncccc23)[n+](C)c1. The summed E-state index contributed by atoms with van der Waals surface area (Å²) in [5, 5.41) is 23.4.